The summed E-state index contributed by atoms with van der Waals surface area (Å²) in [6, 6.07) is 9.65. The molecule has 2 aromatic rings. The van der Waals surface area contributed by atoms with Gasteiger partial charge in [0.1, 0.15) is 11.6 Å². The second-order valence-electron chi connectivity index (χ2n) is 6.46. The Labute approximate surface area is 147 Å². The zero-order chi connectivity index (χ0) is 17.4. The fourth-order valence-corrected chi connectivity index (χ4v) is 3.58. The average molecular weight is 338 g/mol. The Bertz CT molecular complexity index is 808. The number of rotatable bonds is 5. The fraction of sp³-hybridized carbons (Fsp3) is 0.368. The molecular weight excluding hydrogens is 316 g/mol. The van der Waals surface area contributed by atoms with E-state index in [-0.39, 0.29) is 0 Å². The second-order valence-corrected chi connectivity index (χ2v) is 6.46. The molecule has 6 nitrogen and oxygen atoms in total. The summed E-state index contributed by atoms with van der Waals surface area (Å²) in [5, 5.41) is 8.61. The van der Waals surface area contributed by atoms with E-state index in [9.17, 15) is 0 Å². The molecule has 1 aromatic heterocycles. The average Bonchev–Trinajstić information content (AvgIpc) is 3.26. The molecule has 2 saturated heterocycles. The molecule has 2 unspecified atom stereocenters. The van der Waals surface area contributed by atoms with E-state index in [1.807, 2.05) is 31.2 Å². The van der Waals surface area contributed by atoms with E-state index >= 15 is 0 Å². The summed E-state index contributed by atoms with van der Waals surface area (Å²) in [6.45, 7) is 4.15. The van der Waals surface area contributed by atoms with Crippen molar-refractivity contribution in [1.82, 2.24) is 4.98 Å². The smallest absolute Gasteiger partial charge is 0.129 e. The highest BCUT2D eigenvalue weighted by molar-refractivity contribution is 6.14. The molecule has 2 fully saturated rings. The van der Waals surface area contributed by atoms with Gasteiger partial charge >= 0.3 is 0 Å². The lowest BCUT2D eigenvalue weighted by atomic mass is 10.0. The number of pyridine rings is 1. The van der Waals surface area contributed by atoms with E-state index in [2.05, 4.69) is 9.88 Å². The number of ether oxygens (including phenoxy) is 2. The van der Waals surface area contributed by atoms with Crippen molar-refractivity contribution in [2.24, 2.45) is 0 Å². The minimum atomic E-state index is 0.313. The van der Waals surface area contributed by atoms with Gasteiger partial charge in [-0.3, -0.25) is 5.41 Å². The van der Waals surface area contributed by atoms with Crippen LogP contribution in [0.2, 0.25) is 0 Å². The lowest BCUT2D eigenvalue weighted by Crippen LogP contribution is -2.37. The molecule has 0 radical (unpaired) electrons. The summed E-state index contributed by atoms with van der Waals surface area (Å²) in [5.74, 6) is 1.62. The van der Waals surface area contributed by atoms with Crippen molar-refractivity contribution in [1.29, 1.82) is 5.41 Å². The number of fused-ring (bicyclic) bond motifs is 2. The highest BCUT2D eigenvalue weighted by atomic mass is 16.5. The fourth-order valence-electron chi connectivity index (χ4n) is 3.58. The monoisotopic (exact) mass is 338 g/mol. The SMILES string of the molecule is CCOc1ccc(N)c(C(=N)c2ccnc(N3CC4CC3CO4)c2)c1. The molecule has 130 valence electrons. The maximum atomic E-state index is 8.61. The maximum Gasteiger partial charge on any atom is 0.129 e. The van der Waals surface area contributed by atoms with Crippen LogP contribution in [0.1, 0.15) is 24.5 Å². The van der Waals surface area contributed by atoms with E-state index in [0.29, 0.717) is 35.7 Å². The first-order valence-electron chi connectivity index (χ1n) is 8.61. The van der Waals surface area contributed by atoms with E-state index in [1.165, 1.54) is 0 Å². The molecule has 3 heterocycles. The number of nitrogens with two attached hydrogens (primary N) is 1. The highest BCUT2D eigenvalue weighted by Gasteiger charge is 2.39. The van der Waals surface area contributed by atoms with Crippen LogP contribution in [-0.4, -0.2) is 42.6 Å². The first-order chi connectivity index (χ1) is 12.2. The maximum absolute atomic E-state index is 8.61. The van der Waals surface area contributed by atoms with Gasteiger partial charge in [-0.2, -0.15) is 0 Å². The van der Waals surface area contributed by atoms with Gasteiger partial charge in [0.15, 0.2) is 0 Å². The molecule has 1 aromatic carbocycles. The molecule has 3 N–H and O–H groups in total. The van der Waals surface area contributed by atoms with Crippen molar-refractivity contribution < 1.29 is 9.47 Å². The van der Waals surface area contributed by atoms with Gasteiger partial charge in [-0.15, -0.1) is 0 Å². The molecule has 2 bridgehead atoms. The predicted octanol–water partition coefficient (Wildman–Crippen LogP) is 2.46. The molecule has 2 atom stereocenters. The van der Waals surface area contributed by atoms with Crippen molar-refractivity contribution in [2.45, 2.75) is 25.5 Å². The van der Waals surface area contributed by atoms with Crippen LogP contribution in [0.25, 0.3) is 0 Å². The molecule has 0 amide bonds. The third-order valence-electron chi connectivity index (χ3n) is 4.83. The van der Waals surface area contributed by atoms with Crippen LogP contribution in [0.15, 0.2) is 36.5 Å². The van der Waals surface area contributed by atoms with Crippen LogP contribution in [0.3, 0.4) is 0 Å². The summed E-state index contributed by atoms with van der Waals surface area (Å²) in [4.78, 5) is 6.79. The standard InChI is InChI=1S/C19H22N4O2/c1-2-24-14-3-4-17(20)16(9-14)19(21)12-5-6-22-18(7-12)23-10-15-8-13(23)11-25-15/h3-7,9,13,15,21H,2,8,10-11,20H2,1H3. The molecule has 2 aliphatic rings. The first-order valence-corrected chi connectivity index (χ1v) is 8.61. The highest BCUT2D eigenvalue weighted by Crippen LogP contribution is 2.32. The number of nitrogens with zero attached hydrogens (tertiary/aromatic N) is 2. The summed E-state index contributed by atoms with van der Waals surface area (Å²) < 4.78 is 11.2. The second kappa shape index (κ2) is 6.37. The van der Waals surface area contributed by atoms with Gasteiger partial charge in [-0.05, 0) is 43.7 Å². The number of aromatic nitrogens is 1. The molecule has 0 aliphatic carbocycles. The third kappa shape index (κ3) is 2.93. The molecule has 2 aliphatic heterocycles. The van der Waals surface area contributed by atoms with Gasteiger partial charge in [0.2, 0.25) is 0 Å². The van der Waals surface area contributed by atoms with Gasteiger partial charge < -0.3 is 20.1 Å². The molecule has 0 saturated carbocycles. The quantitative estimate of drug-likeness (QED) is 0.646. The van der Waals surface area contributed by atoms with Crippen LogP contribution in [0, 0.1) is 5.41 Å². The molecular formula is C19H22N4O2. The van der Waals surface area contributed by atoms with E-state index in [1.54, 1.807) is 12.3 Å². The van der Waals surface area contributed by atoms with Crippen molar-refractivity contribution in [3.8, 4) is 5.75 Å². The molecule has 25 heavy (non-hydrogen) atoms. The van der Waals surface area contributed by atoms with E-state index in [4.69, 9.17) is 20.6 Å². The molecule has 0 spiro atoms. The van der Waals surface area contributed by atoms with Crippen LogP contribution in [0.4, 0.5) is 11.5 Å². The largest absolute Gasteiger partial charge is 0.494 e. The van der Waals surface area contributed by atoms with Gasteiger partial charge in [0, 0.05) is 29.6 Å². The Morgan fingerprint density at radius 1 is 1.40 bits per heavy atom. The van der Waals surface area contributed by atoms with Gasteiger partial charge in [0.05, 0.1) is 31.1 Å². The Morgan fingerprint density at radius 2 is 2.28 bits per heavy atom. The number of anilines is 2. The van der Waals surface area contributed by atoms with Crippen LogP contribution >= 0.6 is 0 Å². The van der Waals surface area contributed by atoms with Crippen LogP contribution in [-0.2, 0) is 4.74 Å². The number of nitrogens with one attached hydrogen (secondary N) is 1. The summed E-state index contributed by atoms with van der Waals surface area (Å²) >= 11 is 0. The Hall–Kier alpha value is -2.60. The third-order valence-corrected chi connectivity index (χ3v) is 4.83. The predicted molar refractivity (Wildman–Crippen MR) is 97.7 cm³/mol. The van der Waals surface area contributed by atoms with Crippen LogP contribution in [0.5, 0.6) is 5.75 Å². The van der Waals surface area contributed by atoms with Gasteiger partial charge in [-0.25, -0.2) is 4.98 Å². The molecule has 4 rings (SSSR count). The first kappa shape index (κ1) is 15.9. The summed E-state index contributed by atoms with van der Waals surface area (Å²) in [7, 11) is 0. The zero-order valence-corrected chi connectivity index (χ0v) is 14.2. The summed E-state index contributed by atoms with van der Waals surface area (Å²) in [5.41, 5.74) is 8.52. The number of hydrogen-bond donors (Lipinski definition) is 2. The normalized spacial score (nSPS) is 21.6. The minimum Gasteiger partial charge on any atom is -0.494 e. The van der Waals surface area contributed by atoms with Crippen molar-refractivity contribution >= 4 is 17.2 Å². The lowest BCUT2D eigenvalue weighted by molar-refractivity contribution is 0.0989. The number of hydrogen-bond acceptors (Lipinski definition) is 6. The Balaban J connectivity index is 1.63. The number of nitrogen functional groups attached to an aromatic ring is 1. The lowest BCUT2D eigenvalue weighted by Gasteiger charge is -2.28. The minimum absolute atomic E-state index is 0.313. The van der Waals surface area contributed by atoms with Crippen molar-refractivity contribution in [3.63, 3.8) is 0 Å². The van der Waals surface area contributed by atoms with Crippen LogP contribution < -0.4 is 15.4 Å². The number of benzene rings is 1. The molecule has 6 heteroatoms. The zero-order valence-electron chi connectivity index (χ0n) is 14.2. The van der Waals surface area contributed by atoms with E-state index < -0.39 is 0 Å². The topological polar surface area (TPSA) is 84.5 Å². The summed E-state index contributed by atoms with van der Waals surface area (Å²) in [6.07, 6.45) is 3.13. The number of morpholine rings is 1. The Kier molecular flexibility index (Phi) is 4.05. The van der Waals surface area contributed by atoms with Gasteiger partial charge in [0.25, 0.3) is 0 Å². The van der Waals surface area contributed by atoms with Gasteiger partial charge in [-0.1, -0.05) is 0 Å². The Morgan fingerprint density at radius 3 is 3.00 bits per heavy atom. The van der Waals surface area contributed by atoms with Crippen molar-refractivity contribution in [2.75, 3.05) is 30.4 Å². The van der Waals surface area contributed by atoms with Crippen molar-refractivity contribution in [3.05, 3.63) is 47.7 Å². The van der Waals surface area contributed by atoms with E-state index in [0.717, 1.165) is 36.7 Å².